The molecule has 2 aromatic heterocycles. The second-order valence-electron chi connectivity index (χ2n) is 8.25. The van der Waals surface area contributed by atoms with Crippen LogP contribution >= 0.6 is 34.5 Å². The van der Waals surface area contributed by atoms with Crippen molar-refractivity contribution in [2.75, 3.05) is 11.9 Å². The number of benzene rings is 1. The van der Waals surface area contributed by atoms with Crippen LogP contribution in [0.3, 0.4) is 0 Å². The maximum atomic E-state index is 13.3. The minimum Gasteiger partial charge on any atom is -0.393 e. The number of nitrogens with one attached hydrogen (secondary N) is 1. The van der Waals surface area contributed by atoms with Gasteiger partial charge in [0.05, 0.1) is 27.5 Å². The molecule has 1 aliphatic carbocycles. The van der Waals surface area contributed by atoms with Crippen molar-refractivity contribution in [2.24, 2.45) is 11.1 Å². The first kappa shape index (κ1) is 26.0. The number of rotatable bonds is 9. The van der Waals surface area contributed by atoms with Gasteiger partial charge in [-0.1, -0.05) is 35.3 Å². The van der Waals surface area contributed by atoms with Gasteiger partial charge >= 0.3 is 10.3 Å². The zero-order chi connectivity index (χ0) is 25.2. The molecule has 13 heteroatoms. The largest absolute Gasteiger partial charge is 0.393 e. The standard InChI is InChI=1S/C22H22Cl2N4O5S2/c23-15-3-1-2-12(5-15)4-13-7-19(34-21(13)24)20(30)17-9-26-11-27-22(17)28-16-6-14(18(29)8-16)10-33-35(25,31)32/h1-3,5,7,9,11,14,16,18,29H,4,6,8,10H2,(H2,25,31,32)(H,26,27,28)/t14-,16-,18+/m1/s1. The fourth-order valence-corrected chi connectivity index (χ4v) is 5.83. The SMILES string of the molecule is NS(=O)(=O)OC[C@H]1C[C@@H](Nc2ncncc2C(=O)c2cc(Cc3cccc(Cl)c3)c(Cl)s2)C[C@@H]1O. The minimum absolute atomic E-state index is 0.225. The van der Waals surface area contributed by atoms with Crippen LogP contribution in [-0.2, 0) is 20.9 Å². The average molecular weight is 557 g/mol. The number of aliphatic hydroxyl groups is 1. The highest BCUT2D eigenvalue weighted by molar-refractivity contribution is 7.84. The number of hydrogen-bond donors (Lipinski definition) is 3. The van der Waals surface area contributed by atoms with Crippen molar-refractivity contribution in [1.29, 1.82) is 0 Å². The molecule has 0 aliphatic heterocycles. The first-order valence-corrected chi connectivity index (χ1v) is 13.6. The van der Waals surface area contributed by atoms with E-state index in [2.05, 4.69) is 19.5 Å². The molecule has 1 fully saturated rings. The number of thiophene rings is 1. The van der Waals surface area contributed by atoms with E-state index in [9.17, 15) is 18.3 Å². The van der Waals surface area contributed by atoms with E-state index in [1.807, 2.05) is 18.2 Å². The van der Waals surface area contributed by atoms with Gasteiger partial charge in [-0.05, 0) is 48.6 Å². The summed E-state index contributed by atoms with van der Waals surface area (Å²) >= 11 is 13.7. The Bertz CT molecular complexity index is 1330. The number of aliphatic hydroxyl groups excluding tert-OH is 1. The summed E-state index contributed by atoms with van der Waals surface area (Å²) < 4.78 is 27.2. The Hall–Kier alpha value is -2.12. The van der Waals surface area contributed by atoms with Crippen molar-refractivity contribution in [3.63, 3.8) is 0 Å². The molecule has 9 nitrogen and oxygen atoms in total. The number of aromatic nitrogens is 2. The van der Waals surface area contributed by atoms with Crippen LogP contribution in [0.1, 0.15) is 39.2 Å². The van der Waals surface area contributed by atoms with Gasteiger partial charge in [-0.3, -0.25) is 8.98 Å². The van der Waals surface area contributed by atoms with Crippen molar-refractivity contribution in [3.8, 4) is 0 Å². The first-order valence-electron chi connectivity index (χ1n) is 10.6. The lowest BCUT2D eigenvalue weighted by molar-refractivity contribution is 0.101. The van der Waals surface area contributed by atoms with Gasteiger partial charge in [0.15, 0.2) is 0 Å². The lowest BCUT2D eigenvalue weighted by Gasteiger charge is -2.15. The number of nitrogens with zero attached hydrogens (tertiary/aromatic N) is 2. The lowest BCUT2D eigenvalue weighted by atomic mass is 10.1. The van der Waals surface area contributed by atoms with Crippen LogP contribution in [0.15, 0.2) is 42.9 Å². The average Bonchev–Trinajstić information content (AvgIpc) is 3.33. The van der Waals surface area contributed by atoms with Crippen LogP contribution in [-0.4, -0.2) is 48.0 Å². The number of carbonyl (C=O) groups excluding carboxylic acids is 1. The molecule has 35 heavy (non-hydrogen) atoms. The quantitative estimate of drug-likeness (QED) is 0.340. The Morgan fingerprint density at radius 3 is 2.83 bits per heavy atom. The number of anilines is 1. The van der Waals surface area contributed by atoms with E-state index in [1.54, 1.807) is 12.1 Å². The smallest absolute Gasteiger partial charge is 0.333 e. The molecule has 4 N–H and O–H groups in total. The molecule has 1 aliphatic rings. The third-order valence-corrected chi connectivity index (χ3v) is 7.80. The van der Waals surface area contributed by atoms with Crippen LogP contribution in [0.5, 0.6) is 0 Å². The zero-order valence-corrected chi connectivity index (χ0v) is 21.4. The molecule has 0 spiro atoms. The van der Waals surface area contributed by atoms with Gasteiger partial charge in [-0.2, -0.15) is 8.42 Å². The Morgan fingerprint density at radius 1 is 1.29 bits per heavy atom. The van der Waals surface area contributed by atoms with Crippen LogP contribution in [0.4, 0.5) is 5.82 Å². The predicted octanol–water partition coefficient (Wildman–Crippen LogP) is 3.44. The van der Waals surface area contributed by atoms with E-state index < -0.39 is 22.3 Å². The van der Waals surface area contributed by atoms with E-state index in [-0.39, 0.29) is 24.0 Å². The number of nitrogens with two attached hydrogens (primary N) is 1. The summed E-state index contributed by atoms with van der Waals surface area (Å²) in [6.07, 6.45) is 3.21. The molecule has 0 saturated heterocycles. The third-order valence-electron chi connectivity index (χ3n) is 5.67. The summed E-state index contributed by atoms with van der Waals surface area (Å²) in [5, 5.41) is 19.0. The zero-order valence-electron chi connectivity index (χ0n) is 18.2. The second kappa shape index (κ2) is 10.9. The van der Waals surface area contributed by atoms with E-state index in [0.717, 1.165) is 11.1 Å². The normalized spacial score (nSPS) is 20.2. The molecule has 1 aromatic carbocycles. The highest BCUT2D eigenvalue weighted by Crippen LogP contribution is 2.33. The van der Waals surface area contributed by atoms with Crippen LogP contribution < -0.4 is 10.5 Å². The molecule has 1 saturated carbocycles. The Labute approximate surface area is 216 Å². The van der Waals surface area contributed by atoms with E-state index in [4.69, 9.17) is 28.3 Å². The van der Waals surface area contributed by atoms with Crippen molar-refractivity contribution >= 4 is 56.4 Å². The van der Waals surface area contributed by atoms with Crippen LogP contribution in [0.25, 0.3) is 0 Å². The number of hydrogen-bond acceptors (Lipinski definition) is 9. The Balaban J connectivity index is 1.48. The number of carbonyl (C=O) groups is 1. The Morgan fingerprint density at radius 2 is 2.09 bits per heavy atom. The molecule has 186 valence electrons. The summed E-state index contributed by atoms with van der Waals surface area (Å²) in [6, 6.07) is 8.93. The molecular formula is C22H22Cl2N4O5S2. The van der Waals surface area contributed by atoms with Crippen molar-refractivity contribution < 1.29 is 22.5 Å². The van der Waals surface area contributed by atoms with Gasteiger partial charge in [0.25, 0.3) is 0 Å². The highest BCUT2D eigenvalue weighted by atomic mass is 35.5. The van der Waals surface area contributed by atoms with Gasteiger partial charge in [0, 0.05) is 23.2 Å². The van der Waals surface area contributed by atoms with Crippen molar-refractivity contribution in [2.45, 2.75) is 31.4 Å². The predicted molar refractivity (Wildman–Crippen MR) is 134 cm³/mol. The first-order chi connectivity index (χ1) is 16.6. The van der Waals surface area contributed by atoms with Crippen molar-refractivity contribution in [3.05, 3.63) is 73.8 Å². The molecule has 0 bridgehead atoms. The van der Waals surface area contributed by atoms with Crippen molar-refractivity contribution in [1.82, 2.24) is 9.97 Å². The van der Waals surface area contributed by atoms with Gasteiger partial charge in [0.1, 0.15) is 12.1 Å². The van der Waals surface area contributed by atoms with Gasteiger partial charge < -0.3 is 10.4 Å². The number of ketones is 1. The molecular weight excluding hydrogens is 535 g/mol. The highest BCUT2D eigenvalue weighted by Gasteiger charge is 2.35. The molecule has 3 atom stereocenters. The van der Waals surface area contributed by atoms with Crippen LogP contribution in [0, 0.1) is 5.92 Å². The monoisotopic (exact) mass is 556 g/mol. The summed E-state index contributed by atoms with van der Waals surface area (Å²) in [5.41, 5.74) is 2.05. The van der Waals surface area contributed by atoms with Gasteiger partial charge in [-0.15, -0.1) is 11.3 Å². The minimum atomic E-state index is -4.10. The summed E-state index contributed by atoms with van der Waals surface area (Å²) in [4.78, 5) is 22.0. The number of halogens is 2. The Kier molecular flexibility index (Phi) is 8.06. The fourth-order valence-electron chi connectivity index (χ4n) is 4.02. The molecule has 0 amide bonds. The molecule has 0 unspecified atom stereocenters. The van der Waals surface area contributed by atoms with Crippen LogP contribution in [0.2, 0.25) is 9.36 Å². The third kappa shape index (κ3) is 6.76. The molecule has 2 heterocycles. The molecule has 3 aromatic rings. The van der Waals surface area contributed by atoms with E-state index in [0.29, 0.717) is 39.3 Å². The maximum Gasteiger partial charge on any atom is 0.333 e. The van der Waals surface area contributed by atoms with E-state index >= 15 is 0 Å². The lowest BCUT2D eigenvalue weighted by Crippen LogP contribution is -2.24. The fraction of sp³-hybridized carbons (Fsp3) is 0.318. The molecule has 4 rings (SSSR count). The second-order valence-corrected chi connectivity index (χ2v) is 11.6. The summed E-state index contributed by atoms with van der Waals surface area (Å²) in [6.45, 7) is -0.225. The van der Waals surface area contributed by atoms with Gasteiger partial charge in [0.2, 0.25) is 5.78 Å². The summed E-state index contributed by atoms with van der Waals surface area (Å²) in [7, 11) is -4.10. The van der Waals surface area contributed by atoms with E-state index in [1.165, 1.54) is 23.9 Å². The molecule has 0 radical (unpaired) electrons. The maximum absolute atomic E-state index is 13.3. The topological polar surface area (TPSA) is 144 Å². The summed E-state index contributed by atoms with van der Waals surface area (Å²) in [5.74, 6) is -0.405. The van der Waals surface area contributed by atoms with Gasteiger partial charge in [-0.25, -0.2) is 15.1 Å².